The molecule has 4 nitrogen and oxygen atoms in total. The van der Waals surface area contributed by atoms with Crippen molar-refractivity contribution in [1.82, 2.24) is 4.90 Å². The number of benzene rings is 1. The highest BCUT2D eigenvalue weighted by Crippen LogP contribution is 2.38. The van der Waals surface area contributed by atoms with Crippen LogP contribution in [0.4, 0.5) is 4.39 Å². The topological polar surface area (TPSA) is 60.8 Å². The molecule has 1 aromatic rings. The molecule has 116 valence electrons. The molecule has 0 aromatic heterocycles. The van der Waals surface area contributed by atoms with Gasteiger partial charge in [0.15, 0.2) is 0 Å². The van der Waals surface area contributed by atoms with E-state index in [1.807, 2.05) is 0 Å². The molecule has 6 heteroatoms. The second-order valence-corrected chi connectivity index (χ2v) is 6.12. The predicted molar refractivity (Wildman–Crippen MR) is 77.6 cm³/mol. The number of likely N-dealkylation sites (tertiary alicyclic amines) is 1. The fraction of sp³-hybridized carbons (Fsp3) is 0.533. The van der Waals surface area contributed by atoms with Gasteiger partial charge < -0.3 is 10.2 Å². The predicted octanol–water partition coefficient (Wildman–Crippen LogP) is 2.38. The number of hydrogen-bond donors (Lipinski definition) is 2. The fourth-order valence-corrected chi connectivity index (χ4v) is 3.59. The molecule has 0 spiro atoms. The first-order valence-electron chi connectivity index (χ1n) is 6.95. The number of fused-ring (bicyclic) bond motifs is 1. The van der Waals surface area contributed by atoms with Crippen LogP contribution in [0.3, 0.4) is 0 Å². The zero-order chi connectivity index (χ0) is 15.4. The largest absolute Gasteiger partial charge is 0.483 e. The Balaban J connectivity index is 0.000000497. The van der Waals surface area contributed by atoms with Crippen LogP contribution in [-0.4, -0.2) is 40.8 Å². The Morgan fingerprint density at radius 1 is 1.33 bits per heavy atom. The van der Waals surface area contributed by atoms with Gasteiger partial charge >= 0.3 is 0 Å². The average molecular weight is 316 g/mol. The Bertz CT molecular complexity index is 486. The second kappa shape index (κ2) is 7.20. The molecule has 2 N–H and O–H groups in total. The highest BCUT2D eigenvalue weighted by atomic mass is 35.5. The van der Waals surface area contributed by atoms with Crippen molar-refractivity contribution in [3.63, 3.8) is 0 Å². The first kappa shape index (κ1) is 16.2. The molecule has 2 fully saturated rings. The molecule has 1 saturated carbocycles. The lowest BCUT2D eigenvalue weighted by atomic mass is 10.0. The van der Waals surface area contributed by atoms with Gasteiger partial charge in [0, 0.05) is 30.2 Å². The van der Waals surface area contributed by atoms with Crippen LogP contribution in [0.15, 0.2) is 18.2 Å². The van der Waals surface area contributed by atoms with Gasteiger partial charge in [-0.1, -0.05) is 11.6 Å². The van der Waals surface area contributed by atoms with E-state index in [1.165, 1.54) is 6.07 Å². The molecule has 1 heterocycles. The second-order valence-electron chi connectivity index (χ2n) is 5.68. The van der Waals surface area contributed by atoms with Gasteiger partial charge in [-0.25, -0.2) is 4.39 Å². The Morgan fingerprint density at radius 2 is 1.90 bits per heavy atom. The third-order valence-corrected chi connectivity index (χ3v) is 4.44. The molecule has 1 aliphatic heterocycles. The Kier molecular flexibility index (Phi) is 5.56. The Hall–Kier alpha value is -1.17. The summed E-state index contributed by atoms with van der Waals surface area (Å²) in [6.07, 6.45) is 1.68. The summed E-state index contributed by atoms with van der Waals surface area (Å²) in [7, 11) is 0. The van der Waals surface area contributed by atoms with E-state index in [4.69, 9.17) is 21.5 Å². The van der Waals surface area contributed by atoms with Crippen molar-refractivity contribution in [3.8, 4) is 0 Å². The molecule has 1 aromatic carbocycles. The standard InChI is InChI=1S/C14H17ClFNO.CH2O2/c15-12-1-2-14(16)11(3-12)8-17-6-9-4-13(18)5-10(9)7-17;2-1-3/h1-3,9-10,13,18H,4-8H2;1H,(H,2,3)/t9-,10+,13?;. The minimum Gasteiger partial charge on any atom is -0.483 e. The van der Waals surface area contributed by atoms with Crippen molar-refractivity contribution in [2.45, 2.75) is 25.5 Å². The molecule has 3 atom stereocenters. The third kappa shape index (κ3) is 4.15. The summed E-state index contributed by atoms with van der Waals surface area (Å²) in [5.41, 5.74) is 0.669. The molecule has 21 heavy (non-hydrogen) atoms. The number of nitrogens with zero attached hydrogens (tertiary/aromatic N) is 1. The van der Waals surface area contributed by atoms with Crippen LogP contribution in [0.5, 0.6) is 0 Å². The maximum Gasteiger partial charge on any atom is 0.290 e. The summed E-state index contributed by atoms with van der Waals surface area (Å²) in [6.45, 7) is 2.30. The number of aliphatic hydroxyl groups excluding tert-OH is 1. The molecule has 0 amide bonds. The first-order valence-corrected chi connectivity index (χ1v) is 7.33. The summed E-state index contributed by atoms with van der Waals surface area (Å²) < 4.78 is 13.6. The SMILES string of the molecule is O=CO.OC1C[C@@H]2CN(Cc3cc(Cl)ccc3F)C[C@@H]2C1. The van der Waals surface area contributed by atoms with Crippen LogP contribution in [-0.2, 0) is 11.3 Å². The van der Waals surface area contributed by atoms with E-state index in [0.29, 0.717) is 29.0 Å². The van der Waals surface area contributed by atoms with E-state index >= 15 is 0 Å². The van der Waals surface area contributed by atoms with Crippen LogP contribution in [0.2, 0.25) is 5.02 Å². The minimum atomic E-state index is -0.250. The fourth-order valence-electron chi connectivity index (χ4n) is 3.40. The minimum absolute atomic E-state index is 0.120. The zero-order valence-electron chi connectivity index (χ0n) is 11.6. The van der Waals surface area contributed by atoms with Crippen molar-refractivity contribution in [2.75, 3.05) is 13.1 Å². The molecule has 1 saturated heterocycles. The summed E-state index contributed by atoms with van der Waals surface area (Å²) in [4.78, 5) is 10.6. The van der Waals surface area contributed by atoms with Gasteiger partial charge in [-0.05, 0) is 42.9 Å². The van der Waals surface area contributed by atoms with Gasteiger partial charge in [0.2, 0.25) is 0 Å². The molecule has 3 rings (SSSR count). The van der Waals surface area contributed by atoms with Crippen molar-refractivity contribution in [2.24, 2.45) is 11.8 Å². The van der Waals surface area contributed by atoms with Crippen molar-refractivity contribution in [1.29, 1.82) is 0 Å². The van der Waals surface area contributed by atoms with Crippen LogP contribution < -0.4 is 0 Å². The Morgan fingerprint density at radius 3 is 2.48 bits per heavy atom. The first-order chi connectivity index (χ1) is 10.0. The van der Waals surface area contributed by atoms with Gasteiger partial charge in [-0.15, -0.1) is 0 Å². The molecular weight excluding hydrogens is 297 g/mol. The molecule has 0 radical (unpaired) electrons. The van der Waals surface area contributed by atoms with E-state index in [-0.39, 0.29) is 18.4 Å². The maximum absolute atomic E-state index is 13.6. The number of carboxylic acid groups (broad SMARTS) is 1. The van der Waals surface area contributed by atoms with Gasteiger partial charge in [0.25, 0.3) is 6.47 Å². The molecule has 1 aliphatic carbocycles. The molecular formula is C15H19ClFNO3. The van der Waals surface area contributed by atoms with Crippen LogP contribution in [0.1, 0.15) is 18.4 Å². The third-order valence-electron chi connectivity index (χ3n) is 4.20. The van der Waals surface area contributed by atoms with Crippen molar-refractivity contribution in [3.05, 3.63) is 34.6 Å². The Labute approximate surface area is 128 Å². The normalized spacial score (nSPS) is 27.9. The van der Waals surface area contributed by atoms with Gasteiger partial charge in [-0.3, -0.25) is 9.69 Å². The smallest absolute Gasteiger partial charge is 0.290 e. The number of hydrogen-bond acceptors (Lipinski definition) is 3. The summed E-state index contributed by atoms with van der Waals surface area (Å²) in [5, 5.41) is 17.1. The molecule has 2 aliphatic rings. The number of halogens is 2. The van der Waals surface area contributed by atoms with E-state index in [0.717, 1.165) is 25.9 Å². The number of carbonyl (C=O) groups is 1. The van der Waals surface area contributed by atoms with E-state index in [1.54, 1.807) is 12.1 Å². The lowest BCUT2D eigenvalue weighted by molar-refractivity contribution is -0.122. The average Bonchev–Trinajstić information content (AvgIpc) is 2.91. The van der Waals surface area contributed by atoms with E-state index in [2.05, 4.69) is 4.90 Å². The summed E-state index contributed by atoms with van der Waals surface area (Å²) >= 11 is 5.90. The highest BCUT2D eigenvalue weighted by Gasteiger charge is 2.40. The quantitative estimate of drug-likeness (QED) is 0.823. The number of rotatable bonds is 2. The highest BCUT2D eigenvalue weighted by molar-refractivity contribution is 6.30. The zero-order valence-corrected chi connectivity index (χ0v) is 12.3. The summed E-state index contributed by atoms with van der Waals surface area (Å²) in [6, 6.07) is 4.72. The molecule has 1 unspecified atom stereocenters. The number of aliphatic hydroxyl groups is 1. The lowest BCUT2D eigenvalue weighted by Gasteiger charge is -2.18. The lowest BCUT2D eigenvalue weighted by Crippen LogP contribution is -2.23. The van der Waals surface area contributed by atoms with E-state index < -0.39 is 0 Å². The van der Waals surface area contributed by atoms with Crippen LogP contribution in [0.25, 0.3) is 0 Å². The van der Waals surface area contributed by atoms with Gasteiger partial charge in [-0.2, -0.15) is 0 Å². The van der Waals surface area contributed by atoms with Crippen molar-refractivity contribution < 1.29 is 19.4 Å². The maximum atomic E-state index is 13.6. The summed E-state index contributed by atoms with van der Waals surface area (Å²) in [5.74, 6) is 0.987. The molecule has 0 bridgehead atoms. The van der Waals surface area contributed by atoms with Crippen LogP contribution in [0, 0.1) is 17.7 Å². The van der Waals surface area contributed by atoms with E-state index in [9.17, 15) is 9.50 Å². The van der Waals surface area contributed by atoms with Gasteiger partial charge in [0.1, 0.15) is 5.82 Å². The van der Waals surface area contributed by atoms with Crippen molar-refractivity contribution >= 4 is 18.1 Å². The van der Waals surface area contributed by atoms with Gasteiger partial charge in [0.05, 0.1) is 6.10 Å². The van der Waals surface area contributed by atoms with Crippen LogP contribution >= 0.6 is 11.6 Å². The monoisotopic (exact) mass is 315 g/mol.